The smallest absolute Gasteiger partial charge is 0.0510 e. The summed E-state index contributed by atoms with van der Waals surface area (Å²) in [6, 6.07) is 6.63. The molecule has 1 aromatic carbocycles. The lowest BCUT2D eigenvalue weighted by Gasteiger charge is -2.24. The summed E-state index contributed by atoms with van der Waals surface area (Å²) in [6.07, 6.45) is 0. The monoisotopic (exact) mass is 312 g/mol. The molecule has 0 aliphatic heterocycles. The lowest BCUT2D eigenvalue weighted by Crippen LogP contribution is -2.35. The summed E-state index contributed by atoms with van der Waals surface area (Å²) in [4.78, 5) is 2.35. The van der Waals surface area contributed by atoms with E-state index in [0.717, 1.165) is 19.6 Å². The maximum atomic E-state index is 3.68. The predicted octanol–water partition coefficient (Wildman–Crippen LogP) is 4.18. The number of nitrogens with zero attached hydrogens (tertiary/aromatic N) is 1. The summed E-state index contributed by atoms with van der Waals surface area (Å²) in [6.45, 7) is 13.9. The van der Waals surface area contributed by atoms with Crippen LogP contribution in [0.1, 0.15) is 40.2 Å². The molecule has 1 rings (SSSR count). The van der Waals surface area contributed by atoms with Gasteiger partial charge in [0.2, 0.25) is 0 Å². The van der Waals surface area contributed by atoms with Crippen molar-refractivity contribution in [3.63, 3.8) is 0 Å². The van der Waals surface area contributed by atoms with Gasteiger partial charge < -0.3 is 10.2 Å². The molecule has 0 radical (unpaired) electrons. The van der Waals surface area contributed by atoms with Crippen molar-refractivity contribution in [1.82, 2.24) is 5.32 Å². The van der Waals surface area contributed by atoms with Crippen molar-refractivity contribution >= 4 is 21.6 Å². The van der Waals surface area contributed by atoms with E-state index in [9.17, 15) is 0 Å². The molecule has 2 nitrogen and oxygen atoms in total. The summed E-state index contributed by atoms with van der Waals surface area (Å²) >= 11 is 3.68. The summed E-state index contributed by atoms with van der Waals surface area (Å²) in [7, 11) is 0. The number of halogens is 1. The molecule has 0 aliphatic rings. The zero-order valence-corrected chi connectivity index (χ0v) is 13.8. The van der Waals surface area contributed by atoms with Gasteiger partial charge in [-0.05, 0) is 68.2 Å². The Morgan fingerprint density at radius 1 is 1.17 bits per heavy atom. The number of rotatable bonds is 5. The molecule has 1 aromatic rings. The van der Waals surface area contributed by atoms with Gasteiger partial charge in [0.15, 0.2) is 0 Å². The van der Waals surface area contributed by atoms with Gasteiger partial charge in [-0.15, -0.1) is 0 Å². The third-order valence-corrected chi connectivity index (χ3v) is 3.57. The molecule has 0 amide bonds. The topological polar surface area (TPSA) is 15.3 Å². The van der Waals surface area contributed by atoms with Crippen LogP contribution in [-0.4, -0.2) is 18.6 Å². The second-order valence-electron chi connectivity index (χ2n) is 5.56. The largest absolute Gasteiger partial charge is 0.371 e. The van der Waals surface area contributed by atoms with E-state index in [1.165, 1.54) is 15.7 Å². The minimum Gasteiger partial charge on any atom is -0.371 e. The van der Waals surface area contributed by atoms with E-state index < -0.39 is 0 Å². The molecular formula is C15H25BrN2. The highest BCUT2D eigenvalue weighted by Crippen LogP contribution is 2.27. The molecule has 1 N–H and O–H groups in total. The van der Waals surface area contributed by atoms with Crippen LogP contribution >= 0.6 is 15.9 Å². The van der Waals surface area contributed by atoms with Gasteiger partial charge in [-0.3, -0.25) is 0 Å². The van der Waals surface area contributed by atoms with Crippen LogP contribution in [0.3, 0.4) is 0 Å². The Kier molecular flexibility index (Phi) is 5.67. The first-order chi connectivity index (χ1) is 8.37. The molecule has 102 valence electrons. The lowest BCUT2D eigenvalue weighted by atomic mass is 10.1. The van der Waals surface area contributed by atoms with Crippen molar-refractivity contribution in [3.05, 3.63) is 28.2 Å². The van der Waals surface area contributed by atoms with E-state index in [-0.39, 0.29) is 5.54 Å². The molecular weight excluding hydrogens is 288 g/mol. The Morgan fingerprint density at radius 2 is 1.78 bits per heavy atom. The van der Waals surface area contributed by atoms with Gasteiger partial charge in [0.1, 0.15) is 0 Å². The zero-order chi connectivity index (χ0) is 13.8. The van der Waals surface area contributed by atoms with E-state index in [1.807, 2.05) is 0 Å². The molecule has 3 heteroatoms. The molecule has 0 bridgehead atoms. The molecule has 18 heavy (non-hydrogen) atoms. The average molecular weight is 313 g/mol. The van der Waals surface area contributed by atoms with Crippen molar-refractivity contribution in [2.45, 2.75) is 46.7 Å². The van der Waals surface area contributed by atoms with Gasteiger partial charge in [-0.2, -0.15) is 0 Å². The van der Waals surface area contributed by atoms with Crippen molar-refractivity contribution in [1.29, 1.82) is 0 Å². The van der Waals surface area contributed by atoms with E-state index in [4.69, 9.17) is 0 Å². The first-order valence-corrected chi connectivity index (χ1v) is 7.45. The summed E-state index contributed by atoms with van der Waals surface area (Å²) < 4.78 is 1.18. The van der Waals surface area contributed by atoms with Crippen LogP contribution in [-0.2, 0) is 6.54 Å². The molecule has 0 saturated heterocycles. The van der Waals surface area contributed by atoms with Crippen LogP contribution in [0.25, 0.3) is 0 Å². The Balaban J connectivity index is 2.79. The van der Waals surface area contributed by atoms with Crippen LogP contribution in [0.15, 0.2) is 22.7 Å². The fourth-order valence-electron chi connectivity index (χ4n) is 1.85. The van der Waals surface area contributed by atoms with Gasteiger partial charge in [-0.25, -0.2) is 0 Å². The van der Waals surface area contributed by atoms with Crippen molar-refractivity contribution in [3.8, 4) is 0 Å². The van der Waals surface area contributed by atoms with Crippen molar-refractivity contribution in [2.24, 2.45) is 0 Å². The van der Waals surface area contributed by atoms with Gasteiger partial charge >= 0.3 is 0 Å². The molecule has 0 saturated carbocycles. The van der Waals surface area contributed by atoms with Crippen molar-refractivity contribution in [2.75, 3.05) is 18.0 Å². The molecule has 0 aliphatic carbocycles. The second kappa shape index (κ2) is 6.58. The van der Waals surface area contributed by atoms with Crippen molar-refractivity contribution < 1.29 is 0 Å². The Bertz CT molecular complexity index is 379. The van der Waals surface area contributed by atoms with Gasteiger partial charge in [0, 0.05) is 29.6 Å². The summed E-state index contributed by atoms with van der Waals surface area (Å²) in [5.41, 5.74) is 2.75. The van der Waals surface area contributed by atoms with Crippen LogP contribution in [0, 0.1) is 0 Å². The highest BCUT2D eigenvalue weighted by atomic mass is 79.9. The molecule has 0 heterocycles. The first-order valence-electron chi connectivity index (χ1n) is 6.65. The number of benzene rings is 1. The van der Waals surface area contributed by atoms with E-state index >= 15 is 0 Å². The highest BCUT2D eigenvalue weighted by Gasteiger charge is 2.10. The van der Waals surface area contributed by atoms with Crippen LogP contribution in [0.4, 0.5) is 5.69 Å². The Morgan fingerprint density at radius 3 is 2.22 bits per heavy atom. The SMILES string of the molecule is CCN(CC)c1ccc(CNC(C)(C)C)cc1Br. The molecule has 0 unspecified atom stereocenters. The summed E-state index contributed by atoms with van der Waals surface area (Å²) in [5.74, 6) is 0. The maximum Gasteiger partial charge on any atom is 0.0510 e. The number of hydrogen-bond acceptors (Lipinski definition) is 2. The standard InChI is InChI=1S/C15H25BrN2/c1-6-18(7-2)14-9-8-12(10-13(14)16)11-17-15(3,4)5/h8-10,17H,6-7,11H2,1-5H3. The summed E-state index contributed by atoms with van der Waals surface area (Å²) in [5, 5.41) is 3.51. The molecule has 0 atom stereocenters. The quantitative estimate of drug-likeness (QED) is 0.877. The number of anilines is 1. The predicted molar refractivity (Wildman–Crippen MR) is 84.3 cm³/mol. The number of hydrogen-bond donors (Lipinski definition) is 1. The molecule has 0 fully saturated rings. The minimum absolute atomic E-state index is 0.157. The fraction of sp³-hybridized carbons (Fsp3) is 0.600. The average Bonchev–Trinajstić information content (AvgIpc) is 2.29. The lowest BCUT2D eigenvalue weighted by molar-refractivity contribution is 0.424. The van der Waals surface area contributed by atoms with Crippen LogP contribution < -0.4 is 10.2 Å². The normalized spacial score (nSPS) is 11.7. The molecule has 0 aromatic heterocycles. The third-order valence-electron chi connectivity index (χ3n) is 2.94. The molecule has 0 spiro atoms. The zero-order valence-electron chi connectivity index (χ0n) is 12.2. The van der Waals surface area contributed by atoms with Crippen LogP contribution in [0.2, 0.25) is 0 Å². The van der Waals surface area contributed by atoms with E-state index in [1.54, 1.807) is 0 Å². The Hall–Kier alpha value is -0.540. The fourth-order valence-corrected chi connectivity index (χ4v) is 2.53. The Labute approximate surface area is 120 Å². The van der Waals surface area contributed by atoms with E-state index in [2.05, 4.69) is 79.0 Å². The van der Waals surface area contributed by atoms with Gasteiger partial charge in [0.25, 0.3) is 0 Å². The third kappa shape index (κ3) is 4.62. The number of nitrogens with one attached hydrogen (secondary N) is 1. The minimum atomic E-state index is 0.157. The van der Waals surface area contributed by atoms with E-state index in [0.29, 0.717) is 0 Å². The maximum absolute atomic E-state index is 3.68. The highest BCUT2D eigenvalue weighted by molar-refractivity contribution is 9.10. The van der Waals surface area contributed by atoms with Gasteiger partial charge in [-0.1, -0.05) is 6.07 Å². The van der Waals surface area contributed by atoms with Crippen LogP contribution in [0.5, 0.6) is 0 Å². The second-order valence-corrected chi connectivity index (χ2v) is 6.42. The van der Waals surface area contributed by atoms with Gasteiger partial charge in [0.05, 0.1) is 5.69 Å². The first kappa shape index (κ1) is 15.5.